The number of rotatable bonds is 5. The Bertz CT molecular complexity index is 1040. The second-order valence-corrected chi connectivity index (χ2v) is 5.45. The van der Waals surface area contributed by atoms with Gasteiger partial charge in [0.1, 0.15) is 19.0 Å². The highest BCUT2D eigenvalue weighted by Gasteiger charge is 2.09. The number of ether oxygens (including phenoxy) is 2. The molecule has 0 spiro atoms. The van der Waals surface area contributed by atoms with Crippen LogP contribution in [0.25, 0.3) is 21.9 Å². The molecule has 1 aromatic carbocycles. The second-order valence-electron chi connectivity index (χ2n) is 5.45. The number of benzene rings is 1. The number of carbonyl (C=O) groups is 1. The van der Waals surface area contributed by atoms with Crippen molar-refractivity contribution in [2.45, 2.75) is 0 Å². The second kappa shape index (κ2) is 6.60. The van der Waals surface area contributed by atoms with Gasteiger partial charge in [0.15, 0.2) is 0 Å². The Balaban J connectivity index is 1.36. The minimum absolute atomic E-state index is 0.151. The summed E-state index contributed by atoms with van der Waals surface area (Å²) in [6.45, 7) is 0.413. The van der Waals surface area contributed by atoms with Gasteiger partial charge in [-0.1, -0.05) is 12.1 Å². The predicted molar refractivity (Wildman–Crippen MR) is 93.6 cm³/mol. The molecule has 25 heavy (non-hydrogen) atoms. The zero-order chi connectivity index (χ0) is 17.1. The van der Waals surface area contributed by atoms with Crippen molar-refractivity contribution in [1.82, 2.24) is 15.0 Å². The van der Waals surface area contributed by atoms with Crippen LogP contribution in [0.4, 0.5) is 0 Å². The lowest BCUT2D eigenvalue weighted by molar-refractivity contribution is 0.0451. The van der Waals surface area contributed by atoms with Crippen LogP contribution in [0.2, 0.25) is 0 Å². The van der Waals surface area contributed by atoms with Crippen molar-refractivity contribution in [2.24, 2.45) is 0 Å². The lowest BCUT2D eigenvalue weighted by Crippen LogP contribution is -2.12. The first kappa shape index (κ1) is 15.1. The Labute approximate surface area is 143 Å². The molecule has 0 saturated heterocycles. The molecule has 0 bridgehead atoms. The van der Waals surface area contributed by atoms with E-state index in [1.54, 1.807) is 24.5 Å². The minimum atomic E-state index is -0.424. The van der Waals surface area contributed by atoms with E-state index >= 15 is 0 Å². The number of nitrogens with zero attached hydrogens (tertiary/aromatic N) is 2. The van der Waals surface area contributed by atoms with Crippen molar-refractivity contribution in [3.63, 3.8) is 0 Å². The van der Waals surface area contributed by atoms with E-state index in [-0.39, 0.29) is 13.2 Å². The standard InChI is InChI=1S/C19H15N3O3/c23-19(13-11-17-16(22-12-13)5-7-21-17)25-10-9-24-18-6-8-20-15-4-2-1-3-14(15)18/h1-8,11-12,21H,9-10H2. The number of esters is 1. The number of hydrogen-bond donors (Lipinski definition) is 1. The molecule has 4 rings (SSSR count). The zero-order valence-corrected chi connectivity index (χ0v) is 13.3. The van der Waals surface area contributed by atoms with E-state index in [0.29, 0.717) is 5.56 Å². The van der Waals surface area contributed by atoms with Gasteiger partial charge in [-0.25, -0.2) is 4.79 Å². The topological polar surface area (TPSA) is 77.1 Å². The summed E-state index contributed by atoms with van der Waals surface area (Å²) in [5.41, 5.74) is 2.88. The monoisotopic (exact) mass is 333 g/mol. The molecule has 0 atom stereocenters. The van der Waals surface area contributed by atoms with Crippen molar-refractivity contribution < 1.29 is 14.3 Å². The van der Waals surface area contributed by atoms with Gasteiger partial charge in [0.25, 0.3) is 0 Å². The van der Waals surface area contributed by atoms with E-state index in [1.807, 2.05) is 30.3 Å². The summed E-state index contributed by atoms with van der Waals surface area (Å²) in [4.78, 5) is 23.6. The fourth-order valence-electron chi connectivity index (χ4n) is 2.61. The maximum atomic E-state index is 12.1. The minimum Gasteiger partial charge on any atom is -0.489 e. The molecule has 0 fully saturated rings. The highest BCUT2D eigenvalue weighted by molar-refractivity contribution is 5.92. The molecule has 4 aromatic rings. The van der Waals surface area contributed by atoms with Gasteiger partial charge in [-0.15, -0.1) is 0 Å². The lowest BCUT2D eigenvalue weighted by atomic mass is 10.2. The van der Waals surface area contributed by atoms with Crippen LogP contribution < -0.4 is 4.74 Å². The third-order valence-corrected chi connectivity index (χ3v) is 3.82. The van der Waals surface area contributed by atoms with E-state index in [0.717, 1.165) is 27.7 Å². The summed E-state index contributed by atoms with van der Waals surface area (Å²) in [6.07, 6.45) is 4.98. The van der Waals surface area contributed by atoms with Gasteiger partial charge in [0.2, 0.25) is 0 Å². The van der Waals surface area contributed by atoms with Gasteiger partial charge in [0, 0.05) is 24.0 Å². The number of H-pyrrole nitrogens is 1. The summed E-state index contributed by atoms with van der Waals surface area (Å²) in [5.74, 6) is 0.295. The fourth-order valence-corrected chi connectivity index (χ4v) is 2.61. The first-order chi connectivity index (χ1) is 12.3. The number of hydrogen-bond acceptors (Lipinski definition) is 5. The van der Waals surface area contributed by atoms with Crippen molar-refractivity contribution in [3.8, 4) is 5.75 Å². The molecule has 0 unspecified atom stereocenters. The number of para-hydroxylation sites is 1. The molecule has 0 radical (unpaired) electrons. The molecular weight excluding hydrogens is 318 g/mol. The third-order valence-electron chi connectivity index (χ3n) is 3.82. The lowest BCUT2D eigenvalue weighted by Gasteiger charge is -2.09. The smallest absolute Gasteiger partial charge is 0.339 e. The van der Waals surface area contributed by atoms with E-state index in [9.17, 15) is 4.79 Å². The van der Waals surface area contributed by atoms with Gasteiger partial charge in [0.05, 0.1) is 22.1 Å². The van der Waals surface area contributed by atoms with Crippen LogP contribution in [0.15, 0.2) is 61.1 Å². The average Bonchev–Trinajstić information content (AvgIpc) is 3.13. The number of pyridine rings is 2. The third kappa shape index (κ3) is 3.14. The molecule has 124 valence electrons. The van der Waals surface area contributed by atoms with Crippen molar-refractivity contribution in [1.29, 1.82) is 0 Å². The molecule has 0 aliphatic rings. The quantitative estimate of drug-likeness (QED) is 0.448. The maximum Gasteiger partial charge on any atom is 0.339 e. The molecule has 6 heteroatoms. The number of carbonyl (C=O) groups excluding carboxylic acids is 1. The van der Waals surface area contributed by atoms with Crippen LogP contribution in [0.5, 0.6) is 5.75 Å². The molecule has 0 amide bonds. The number of aromatic amines is 1. The molecule has 3 heterocycles. The molecule has 6 nitrogen and oxygen atoms in total. The van der Waals surface area contributed by atoms with Crippen LogP contribution in [-0.2, 0) is 4.74 Å². The Kier molecular flexibility index (Phi) is 4.00. The number of fused-ring (bicyclic) bond motifs is 2. The molecule has 0 aliphatic heterocycles. The molecular formula is C19H15N3O3. The summed E-state index contributed by atoms with van der Waals surface area (Å²) in [5, 5.41) is 0.928. The predicted octanol–water partition coefficient (Wildman–Crippen LogP) is 3.35. The fraction of sp³-hybridized carbons (Fsp3) is 0.105. The van der Waals surface area contributed by atoms with Crippen LogP contribution in [-0.4, -0.2) is 34.1 Å². The summed E-state index contributed by atoms with van der Waals surface area (Å²) >= 11 is 0. The highest BCUT2D eigenvalue weighted by Crippen LogP contribution is 2.23. The van der Waals surface area contributed by atoms with E-state index in [4.69, 9.17) is 9.47 Å². The first-order valence-electron chi connectivity index (χ1n) is 7.88. The number of aromatic nitrogens is 3. The first-order valence-corrected chi connectivity index (χ1v) is 7.88. The van der Waals surface area contributed by atoms with Crippen LogP contribution >= 0.6 is 0 Å². The van der Waals surface area contributed by atoms with Crippen molar-refractivity contribution in [2.75, 3.05) is 13.2 Å². The Morgan fingerprint density at radius 2 is 1.96 bits per heavy atom. The maximum absolute atomic E-state index is 12.1. The van der Waals surface area contributed by atoms with E-state index < -0.39 is 5.97 Å². The van der Waals surface area contributed by atoms with Crippen LogP contribution in [0.1, 0.15) is 10.4 Å². The largest absolute Gasteiger partial charge is 0.489 e. The Hall–Kier alpha value is -3.41. The molecule has 0 saturated carbocycles. The van der Waals surface area contributed by atoms with Crippen LogP contribution in [0, 0.1) is 0 Å². The molecule has 3 aromatic heterocycles. The van der Waals surface area contributed by atoms with Gasteiger partial charge in [-0.05, 0) is 30.3 Å². The van der Waals surface area contributed by atoms with Gasteiger partial charge < -0.3 is 14.5 Å². The normalized spacial score (nSPS) is 10.9. The Morgan fingerprint density at radius 3 is 2.92 bits per heavy atom. The van der Waals surface area contributed by atoms with Gasteiger partial charge in [-0.3, -0.25) is 9.97 Å². The highest BCUT2D eigenvalue weighted by atomic mass is 16.6. The van der Waals surface area contributed by atoms with Crippen molar-refractivity contribution >= 4 is 27.9 Å². The van der Waals surface area contributed by atoms with E-state index in [2.05, 4.69) is 15.0 Å². The van der Waals surface area contributed by atoms with Gasteiger partial charge in [-0.2, -0.15) is 0 Å². The summed E-state index contributed by atoms with van der Waals surface area (Å²) in [7, 11) is 0. The zero-order valence-electron chi connectivity index (χ0n) is 13.3. The summed E-state index contributed by atoms with van der Waals surface area (Å²) in [6, 6.07) is 13.1. The number of nitrogens with one attached hydrogen (secondary N) is 1. The SMILES string of the molecule is O=C(OCCOc1ccnc2ccccc12)c1cnc2cc[nH]c2c1. The average molecular weight is 333 g/mol. The van der Waals surface area contributed by atoms with Crippen LogP contribution in [0.3, 0.4) is 0 Å². The van der Waals surface area contributed by atoms with Crippen molar-refractivity contribution in [3.05, 3.63) is 66.6 Å². The molecule has 0 aliphatic carbocycles. The molecule has 1 N–H and O–H groups in total. The van der Waals surface area contributed by atoms with E-state index in [1.165, 1.54) is 6.20 Å². The van der Waals surface area contributed by atoms with Gasteiger partial charge >= 0.3 is 5.97 Å². The summed E-state index contributed by atoms with van der Waals surface area (Å²) < 4.78 is 11.0. The Morgan fingerprint density at radius 1 is 1.04 bits per heavy atom.